The molecule has 112 valence electrons. The molecule has 0 spiro atoms. The molecule has 0 aliphatic carbocycles. The lowest BCUT2D eigenvalue weighted by molar-refractivity contribution is 0.600. The first-order valence-electron chi connectivity index (χ1n) is 6.67. The van der Waals surface area contributed by atoms with Crippen LogP contribution in [0.3, 0.4) is 0 Å². The average Bonchev–Trinajstić information content (AvgIpc) is 2.31. The molecule has 0 bridgehead atoms. The smallest absolute Gasteiger partial charge is 0.262 e. The number of benzene rings is 2. The predicted molar refractivity (Wildman–Crippen MR) is 87.1 cm³/mol. The summed E-state index contributed by atoms with van der Waals surface area (Å²) in [6.45, 7) is 7.43. The monoisotopic (exact) mass is 304 g/mol. The summed E-state index contributed by atoms with van der Waals surface area (Å²) in [6.07, 6.45) is 0. The molecule has 0 amide bonds. The third-order valence-electron chi connectivity index (χ3n) is 3.40. The van der Waals surface area contributed by atoms with Gasteiger partial charge in [0, 0.05) is 5.69 Å². The van der Waals surface area contributed by atoms with Gasteiger partial charge in [-0.15, -0.1) is 0 Å². The minimum Gasteiger partial charge on any atom is -0.398 e. The first kappa shape index (κ1) is 15.4. The fraction of sp³-hybridized carbons (Fsp3) is 0.250. The minimum atomic E-state index is -3.63. The maximum Gasteiger partial charge on any atom is 0.262 e. The molecule has 5 heteroatoms. The maximum absolute atomic E-state index is 12.6. The normalized spacial score (nSPS) is 11.4. The van der Waals surface area contributed by atoms with Crippen molar-refractivity contribution in [2.24, 2.45) is 0 Å². The van der Waals surface area contributed by atoms with Gasteiger partial charge in [-0.25, -0.2) is 8.42 Å². The lowest BCUT2D eigenvalue weighted by atomic mass is 10.1. The summed E-state index contributed by atoms with van der Waals surface area (Å²) in [6, 6.07) is 8.87. The second-order valence-electron chi connectivity index (χ2n) is 5.40. The van der Waals surface area contributed by atoms with E-state index in [0.29, 0.717) is 16.3 Å². The predicted octanol–water partition coefficient (Wildman–Crippen LogP) is 3.30. The Kier molecular flexibility index (Phi) is 3.96. The molecular formula is C16H20N2O2S. The number of hydrogen-bond acceptors (Lipinski definition) is 3. The van der Waals surface area contributed by atoms with E-state index in [1.807, 2.05) is 26.0 Å². The van der Waals surface area contributed by atoms with Gasteiger partial charge in [-0.2, -0.15) is 0 Å². The van der Waals surface area contributed by atoms with Crippen molar-refractivity contribution in [1.29, 1.82) is 0 Å². The van der Waals surface area contributed by atoms with E-state index in [4.69, 9.17) is 5.73 Å². The fourth-order valence-corrected chi connectivity index (χ4v) is 4.01. The van der Waals surface area contributed by atoms with Crippen molar-refractivity contribution in [2.45, 2.75) is 32.6 Å². The van der Waals surface area contributed by atoms with E-state index in [1.165, 1.54) is 0 Å². The van der Waals surface area contributed by atoms with Crippen molar-refractivity contribution in [3.8, 4) is 0 Å². The molecule has 0 aliphatic heterocycles. The SMILES string of the molecule is Cc1cc(C)c(S(=O)(=O)Nc2ccc(C)c(N)c2)c(C)c1. The van der Waals surface area contributed by atoms with Crippen molar-refractivity contribution < 1.29 is 8.42 Å². The molecule has 2 aromatic carbocycles. The average molecular weight is 304 g/mol. The highest BCUT2D eigenvalue weighted by molar-refractivity contribution is 7.92. The number of nitrogens with one attached hydrogen (secondary N) is 1. The zero-order valence-corrected chi connectivity index (χ0v) is 13.5. The summed E-state index contributed by atoms with van der Waals surface area (Å²) in [7, 11) is -3.63. The first-order chi connectivity index (χ1) is 9.70. The summed E-state index contributed by atoms with van der Waals surface area (Å²) < 4.78 is 27.8. The minimum absolute atomic E-state index is 0.326. The zero-order valence-electron chi connectivity index (χ0n) is 12.7. The van der Waals surface area contributed by atoms with Gasteiger partial charge in [-0.3, -0.25) is 4.72 Å². The number of hydrogen-bond donors (Lipinski definition) is 2. The number of nitrogen functional groups attached to an aromatic ring is 1. The van der Waals surface area contributed by atoms with Crippen LogP contribution in [-0.4, -0.2) is 8.42 Å². The Labute approximate surface area is 126 Å². The van der Waals surface area contributed by atoms with Gasteiger partial charge in [0.05, 0.1) is 10.6 Å². The molecule has 2 aromatic rings. The van der Waals surface area contributed by atoms with Crippen LogP contribution < -0.4 is 10.5 Å². The van der Waals surface area contributed by atoms with E-state index in [2.05, 4.69) is 4.72 Å². The van der Waals surface area contributed by atoms with E-state index < -0.39 is 10.0 Å². The van der Waals surface area contributed by atoms with Gasteiger partial charge in [-0.1, -0.05) is 23.8 Å². The molecular weight excluding hydrogens is 284 g/mol. The number of rotatable bonds is 3. The molecule has 21 heavy (non-hydrogen) atoms. The molecule has 0 saturated heterocycles. The van der Waals surface area contributed by atoms with Gasteiger partial charge in [0.2, 0.25) is 0 Å². The Morgan fingerprint density at radius 2 is 1.48 bits per heavy atom. The molecule has 0 aliphatic rings. The third kappa shape index (κ3) is 3.19. The standard InChI is InChI=1S/C16H20N2O2S/c1-10-7-12(3)16(13(4)8-10)21(19,20)18-14-6-5-11(2)15(17)9-14/h5-9,18H,17H2,1-4H3. The number of anilines is 2. The molecule has 2 rings (SSSR count). The maximum atomic E-state index is 12.6. The van der Waals surface area contributed by atoms with Crippen molar-refractivity contribution in [1.82, 2.24) is 0 Å². The van der Waals surface area contributed by atoms with Crippen LogP contribution in [-0.2, 0) is 10.0 Å². The molecule has 0 saturated carbocycles. The largest absolute Gasteiger partial charge is 0.398 e. The topological polar surface area (TPSA) is 72.2 Å². The highest BCUT2D eigenvalue weighted by atomic mass is 32.2. The molecule has 0 aromatic heterocycles. The van der Waals surface area contributed by atoms with E-state index in [-0.39, 0.29) is 0 Å². The van der Waals surface area contributed by atoms with Crippen molar-refractivity contribution in [2.75, 3.05) is 10.5 Å². The summed E-state index contributed by atoms with van der Waals surface area (Å²) >= 11 is 0. The Morgan fingerprint density at radius 1 is 0.905 bits per heavy atom. The van der Waals surface area contributed by atoms with Gasteiger partial charge in [0.15, 0.2) is 0 Å². The van der Waals surface area contributed by atoms with Crippen LogP contribution >= 0.6 is 0 Å². The van der Waals surface area contributed by atoms with Gasteiger partial charge in [0.25, 0.3) is 10.0 Å². The van der Waals surface area contributed by atoms with Crippen molar-refractivity contribution in [3.63, 3.8) is 0 Å². The lowest BCUT2D eigenvalue weighted by Gasteiger charge is -2.14. The van der Waals surface area contributed by atoms with Crippen LogP contribution in [0.4, 0.5) is 11.4 Å². The van der Waals surface area contributed by atoms with Crippen LogP contribution in [0.2, 0.25) is 0 Å². The highest BCUT2D eigenvalue weighted by Gasteiger charge is 2.20. The lowest BCUT2D eigenvalue weighted by Crippen LogP contribution is -2.16. The summed E-state index contributed by atoms with van der Waals surface area (Å²) in [4.78, 5) is 0.326. The molecule has 0 heterocycles. The van der Waals surface area contributed by atoms with Crippen LogP contribution in [0.1, 0.15) is 22.3 Å². The summed E-state index contributed by atoms with van der Waals surface area (Å²) in [5, 5.41) is 0. The molecule has 4 nitrogen and oxygen atoms in total. The number of aryl methyl sites for hydroxylation is 4. The highest BCUT2D eigenvalue weighted by Crippen LogP contribution is 2.25. The molecule has 0 fully saturated rings. The summed E-state index contributed by atoms with van der Waals surface area (Å²) in [5.74, 6) is 0. The van der Waals surface area contributed by atoms with E-state index in [9.17, 15) is 8.42 Å². The molecule has 0 radical (unpaired) electrons. The van der Waals surface area contributed by atoms with Gasteiger partial charge < -0.3 is 5.73 Å². The van der Waals surface area contributed by atoms with Crippen molar-refractivity contribution >= 4 is 21.4 Å². The number of sulfonamides is 1. The van der Waals surface area contributed by atoms with E-state index in [0.717, 1.165) is 22.3 Å². The van der Waals surface area contributed by atoms with Crippen LogP contribution in [0.25, 0.3) is 0 Å². The fourth-order valence-electron chi connectivity index (χ4n) is 2.50. The molecule has 0 atom stereocenters. The molecule has 3 N–H and O–H groups in total. The zero-order chi connectivity index (χ0) is 15.8. The van der Waals surface area contributed by atoms with E-state index >= 15 is 0 Å². The summed E-state index contributed by atoms with van der Waals surface area (Å²) in [5.41, 5.74) is 10.3. The third-order valence-corrected chi connectivity index (χ3v) is 5.09. The molecule has 0 unspecified atom stereocenters. The van der Waals surface area contributed by atoms with E-state index in [1.54, 1.807) is 32.0 Å². The second kappa shape index (κ2) is 5.41. The second-order valence-corrected chi connectivity index (χ2v) is 7.02. The van der Waals surface area contributed by atoms with Gasteiger partial charge >= 0.3 is 0 Å². The van der Waals surface area contributed by atoms with Crippen LogP contribution in [0.15, 0.2) is 35.2 Å². The Morgan fingerprint density at radius 3 is 2.00 bits per heavy atom. The van der Waals surface area contributed by atoms with Gasteiger partial charge in [-0.05, 0) is 56.5 Å². The van der Waals surface area contributed by atoms with Crippen LogP contribution in [0.5, 0.6) is 0 Å². The Balaban J connectivity index is 2.46. The number of nitrogens with two attached hydrogens (primary N) is 1. The van der Waals surface area contributed by atoms with Crippen molar-refractivity contribution in [3.05, 3.63) is 52.6 Å². The Hall–Kier alpha value is -2.01. The first-order valence-corrected chi connectivity index (χ1v) is 8.16. The Bertz CT molecular complexity index is 773. The quantitative estimate of drug-likeness (QED) is 0.855. The van der Waals surface area contributed by atoms with Crippen LogP contribution in [0, 0.1) is 27.7 Å². The van der Waals surface area contributed by atoms with Gasteiger partial charge in [0.1, 0.15) is 0 Å².